The Morgan fingerprint density at radius 3 is 3.10 bits per heavy atom. The van der Waals surface area contributed by atoms with Crippen LogP contribution in [0.4, 0.5) is 0 Å². The quantitative estimate of drug-likeness (QED) is 0.597. The largest absolute Gasteiger partial charge is 0.346 e. The van der Waals surface area contributed by atoms with Gasteiger partial charge in [-0.25, -0.2) is 4.98 Å². The van der Waals surface area contributed by atoms with Gasteiger partial charge in [0, 0.05) is 29.4 Å². The fourth-order valence-corrected chi connectivity index (χ4v) is 2.64. The lowest BCUT2D eigenvalue weighted by Gasteiger charge is -1.98. The van der Waals surface area contributed by atoms with E-state index in [1.165, 1.54) is 0 Å². The van der Waals surface area contributed by atoms with Gasteiger partial charge in [0.05, 0.1) is 24.4 Å². The molecule has 0 bridgehead atoms. The second kappa shape index (κ2) is 3.78. The van der Waals surface area contributed by atoms with Crippen molar-refractivity contribution in [2.45, 2.75) is 13.0 Å². The van der Waals surface area contributed by atoms with Crippen LogP contribution in [0.5, 0.6) is 0 Å². The minimum Gasteiger partial charge on any atom is -0.346 e. The minimum atomic E-state index is -0.106. The van der Waals surface area contributed by atoms with Crippen molar-refractivity contribution >= 4 is 32.7 Å². The summed E-state index contributed by atoms with van der Waals surface area (Å²) in [5.41, 5.74) is 1.04. The lowest BCUT2D eigenvalue weighted by Crippen LogP contribution is -2.03. The highest BCUT2D eigenvalue weighted by Crippen LogP contribution is 2.28. The first-order valence-electron chi connectivity index (χ1n) is 6.25. The minimum absolute atomic E-state index is 0.106. The molecule has 6 nitrogen and oxygen atoms in total. The molecule has 4 aromatic rings. The van der Waals surface area contributed by atoms with E-state index in [-0.39, 0.29) is 5.43 Å². The molecule has 96 valence electrons. The fourth-order valence-electron chi connectivity index (χ4n) is 2.64. The number of aromatic amines is 1. The van der Waals surface area contributed by atoms with E-state index in [0.717, 1.165) is 16.2 Å². The van der Waals surface area contributed by atoms with Crippen molar-refractivity contribution in [3.05, 3.63) is 34.9 Å². The summed E-state index contributed by atoms with van der Waals surface area (Å²) >= 11 is 0. The van der Waals surface area contributed by atoms with E-state index in [4.69, 9.17) is 5.26 Å². The molecule has 0 aliphatic heterocycles. The van der Waals surface area contributed by atoms with Crippen LogP contribution in [0.1, 0.15) is 6.42 Å². The predicted molar refractivity (Wildman–Crippen MR) is 74.6 cm³/mol. The van der Waals surface area contributed by atoms with Gasteiger partial charge in [-0.3, -0.25) is 9.48 Å². The van der Waals surface area contributed by atoms with Crippen molar-refractivity contribution < 1.29 is 0 Å². The summed E-state index contributed by atoms with van der Waals surface area (Å²) in [6, 6.07) is 4.00. The molecule has 0 atom stereocenters. The van der Waals surface area contributed by atoms with Gasteiger partial charge in [-0.05, 0) is 11.5 Å². The lowest BCUT2D eigenvalue weighted by atomic mass is 10.1. The fraction of sp³-hybridized carbons (Fsp3) is 0.143. The summed E-state index contributed by atoms with van der Waals surface area (Å²) in [5.74, 6) is 0. The molecule has 1 N–H and O–H groups in total. The zero-order chi connectivity index (χ0) is 13.7. The highest BCUT2D eigenvalue weighted by atomic mass is 16.1. The number of benzene rings is 1. The van der Waals surface area contributed by atoms with Crippen LogP contribution in [-0.4, -0.2) is 19.7 Å². The van der Waals surface area contributed by atoms with Gasteiger partial charge in [0.15, 0.2) is 0 Å². The van der Waals surface area contributed by atoms with Crippen molar-refractivity contribution in [2.24, 2.45) is 0 Å². The van der Waals surface area contributed by atoms with Crippen molar-refractivity contribution in [3.63, 3.8) is 0 Å². The molecule has 0 spiro atoms. The van der Waals surface area contributed by atoms with Gasteiger partial charge in [-0.15, -0.1) is 0 Å². The van der Waals surface area contributed by atoms with Gasteiger partial charge < -0.3 is 4.98 Å². The Morgan fingerprint density at radius 1 is 1.35 bits per heavy atom. The highest BCUT2D eigenvalue weighted by molar-refractivity contribution is 6.19. The van der Waals surface area contributed by atoms with Crippen molar-refractivity contribution in [1.29, 1.82) is 5.26 Å². The van der Waals surface area contributed by atoms with Crippen molar-refractivity contribution in [1.82, 2.24) is 19.7 Å². The Hall–Kier alpha value is -2.94. The molecule has 0 aliphatic rings. The number of aromatic nitrogens is 4. The first-order valence-corrected chi connectivity index (χ1v) is 6.25. The number of fused-ring (bicyclic) bond motifs is 2. The number of pyridine rings is 1. The van der Waals surface area contributed by atoms with Crippen molar-refractivity contribution in [3.8, 4) is 6.07 Å². The highest BCUT2D eigenvalue weighted by Gasteiger charge is 2.16. The van der Waals surface area contributed by atoms with Gasteiger partial charge in [0.2, 0.25) is 5.43 Å². The first-order chi connectivity index (χ1) is 9.79. The van der Waals surface area contributed by atoms with Crippen molar-refractivity contribution in [2.75, 3.05) is 0 Å². The van der Waals surface area contributed by atoms with Gasteiger partial charge in [-0.1, -0.05) is 0 Å². The van der Waals surface area contributed by atoms with E-state index in [9.17, 15) is 4.79 Å². The number of aryl methyl sites for hydroxylation is 1. The normalized spacial score (nSPS) is 11.6. The molecule has 0 radical (unpaired) electrons. The van der Waals surface area contributed by atoms with Crippen LogP contribution in [0.2, 0.25) is 0 Å². The third-order valence-electron chi connectivity index (χ3n) is 3.53. The van der Waals surface area contributed by atoms with E-state index in [2.05, 4.69) is 21.1 Å². The molecule has 1 aromatic carbocycles. The summed E-state index contributed by atoms with van der Waals surface area (Å²) in [6.07, 6.45) is 5.59. The second-order valence-corrected chi connectivity index (χ2v) is 4.68. The molecule has 6 heteroatoms. The molecule has 0 amide bonds. The molecule has 3 heterocycles. The Balaban J connectivity index is 2.16. The topological polar surface area (TPSA) is 87.4 Å². The summed E-state index contributed by atoms with van der Waals surface area (Å²) < 4.78 is 1.66. The van der Waals surface area contributed by atoms with Gasteiger partial charge >= 0.3 is 0 Å². The molecular weight excluding hydrogens is 254 g/mol. The number of hydrogen-bond donors (Lipinski definition) is 1. The SMILES string of the molecule is N#CCCn1cc2c(n1)c(=O)c1cnc3[nH]ccc2c31. The average molecular weight is 263 g/mol. The molecule has 0 aliphatic carbocycles. The molecule has 0 saturated heterocycles. The summed E-state index contributed by atoms with van der Waals surface area (Å²) in [6.45, 7) is 0.487. The lowest BCUT2D eigenvalue weighted by molar-refractivity contribution is 0.634. The van der Waals surface area contributed by atoms with Gasteiger partial charge in [0.25, 0.3) is 0 Å². The van der Waals surface area contributed by atoms with Crippen LogP contribution in [0.25, 0.3) is 32.7 Å². The van der Waals surface area contributed by atoms with E-state index in [1.807, 2.05) is 12.3 Å². The molecular formula is C14H9N5O. The second-order valence-electron chi connectivity index (χ2n) is 4.68. The standard InChI is InChI=1S/C14H9N5O/c15-3-1-5-19-7-10-8-2-4-16-14-11(8)9(6-17-14)13(20)12(10)18-19/h2,4,6-7H,1,5H2,(H,16,17). The number of H-pyrrole nitrogens is 1. The van der Waals surface area contributed by atoms with Crippen LogP contribution in [0.15, 0.2) is 29.5 Å². The third-order valence-corrected chi connectivity index (χ3v) is 3.53. The van der Waals surface area contributed by atoms with Crippen LogP contribution in [0, 0.1) is 11.3 Å². The third kappa shape index (κ3) is 1.29. The molecule has 4 rings (SSSR count). The van der Waals surface area contributed by atoms with E-state index >= 15 is 0 Å². The summed E-state index contributed by atoms with van der Waals surface area (Å²) in [7, 11) is 0. The Bertz CT molecular complexity index is 1040. The zero-order valence-electron chi connectivity index (χ0n) is 10.4. The predicted octanol–water partition coefficient (Wildman–Crippen LogP) is 1.78. The molecule has 0 unspecified atom stereocenters. The van der Waals surface area contributed by atoms with Crippen LogP contribution in [-0.2, 0) is 6.54 Å². The summed E-state index contributed by atoms with van der Waals surface area (Å²) in [4.78, 5) is 19.7. The van der Waals surface area contributed by atoms with Gasteiger partial charge in [-0.2, -0.15) is 10.4 Å². The molecule has 20 heavy (non-hydrogen) atoms. The van der Waals surface area contributed by atoms with Crippen LogP contribution < -0.4 is 5.43 Å². The van der Waals surface area contributed by atoms with E-state index in [1.54, 1.807) is 17.1 Å². The summed E-state index contributed by atoms with van der Waals surface area (Å²) in [5, 5.41) is 16.2. The zero-order valence-corrected chi connectivity index (χ0v) is 10.4. The number of nitrogens with zero attached hydrogens (tertiary/aromatic N) is 4. The molecule has 3 aromatic heterocycles. The van der Waals surface area contributed by atoms with E-state index < -0.39 is 0 Å². The Labute approximate surface area is 112 Å². The maximum absolute atomic E-state index is 12.4. The number of rotatable bonds is 2. The number of nitrogens with one attached hydrogen (secondary N) is 1. The maximum Gasteiger partial charge on any atom is 0.216 e. The molecule has 0 fully saturated rings. The Kier molecular flexibility index (Phi) is 2.06. The Morgan fingerprint density at radius 2 is 2.25 bits per heavy atom. The van der Waals surface area contributed by atoms with Crippen LogP contribution in [0.3, 0.4) is 0 Å². The maximum atomic E-state index is 12.4. The first kappa shape index (κ1) is 10.9. The van der Waals surface area contributed by atoms with Crippen LogP contribution >= 0.6 is 0 Å². The van der Waals surface area contributed by atoms with Gasteiger partial charge in [0.1, 0.15) is 11.2 Å². The average Bonchev–Trinajstić information content (AvgIpc) is 3.08. The van der Waals surface area contributed by atoms with E-state index in [0.29, 0.717) is 29.5 Å². The monoisotopic (exact) mass is 263 g/mol. The number of hydrogen-bond acceptors (Lipinski definition) is 4. The molecule has 0 saturated carbocycles. The smallest absolute Gasteiger partial charge is 0.216 e. The number of nitriles is 1.